The van der Waals surface area contributed by atoms with Gasteiger partial charge >= 0.3 is 0 Å². The summed E-state index contributed by atoms with van der Waals surface area (Å²) in [5.74, 6) is 0.134. The Morgan fingerprint density at radius 1 is 1.30 bits per heavy atom. The second kappa shape index (κ2) is 8.57. The molecule has 27 heavy (non-hydrogen) atoms. The fourth-order valence-electron chi connectivity index (χ4n) is 3.29. The molecule has 0 spiro atoms. The monoisotopic (exact) mass is 383 g/mol. The highest BCUT2D eigenvalue weighted by atomic mass is 32.2. The maximum atomic E-state index is 12.5. The van der Waals surface area contributed by atoms with Gasteiger partial charge in [-0.2, -0.15) is 0 Å². The van der Waals surface area contributed by atoms with Crippen LogP contribution in [-0.2, 0) is 16.0 Å². The Morgan fingerprint density at radius 3 is 2.78 bits per heavy atom. The predicted molar refractivity (Wildman–Crippen MR) is 109 cm³/mol. The molecule has 1 aliphatic heterocycles. The summed E-state index contributed by atoms with van der Waals surface area (Å²) >= 11 is 1.44. The van der Waals surface area contributed by atoms with Crippen molar-refractivity contribution in [2.45, 2.75) is 44.7 Å². The summed E-state index contributed by atoms with van der Waals surface area (Å²) in [6.45, 7) is 5.93. The number of thioether (sulfide) groups is 1. The fourth-order valence-corrected chi connectivity index (χ4v) is 4.32. The summed E-state index contributed by atoms with van der Waals surface area (Å²) in [6, 6.07) is 12.2. The van der Waals surface area contributed by atoms with Gasteiger partial charge in [-0.25, -0.2) is 4.98 Å². The Hall–Kier alpha value is -2.34. The smallest absolute Gasteiger partial charge is 0.240 e. The number of aryl methyl sites for hydroxylation is 3. The maximum Gasteiger partial charge on any atom is 0.240 e. The number of aromatic nitrogens is 1. The Bertz CT molecular complexity index is 839. The third-order valence-corrected chi connectivity index (χ3v) is 5.55. The van der Waals surface area contributed by atoms with Gasteiger partial charge in [0.05, 0.1) is 11.4 Å². The van der Waals surface area contributed by atoms with E-state index in [1.165, 1.54) is 17.3 Å². The summed E-state index contributed by atoms with van der Waals surface area (Å²) in [7, 11) is 0. The molecule has 0 aliphatic carbocycles. The molecule has 5 nitrogen and oxygen atoms in total. The minimum absolute atomic E-state index is 0.0354. The number of amides is 2. The lowest BCUT2D eigenvalue weighted by Crippen LogP contribution is -2.46. The van der Waals surface area contributed by atoms with E-state index in [1.807, 2.05) is 45.0 Å². The molecule has 142 valence electrons. The molecule has 1 aromatic carbocycles. The van der Waals surface area contributed by atoms with Gasteiger partial charge in [0, 0.05) is 11.7 Å². The number of anilines is 1. The van der Waals surface area contributed by atoms with Gasteiger partial charge in [-0.05, 0) is 50.8 Å². The Balaban J connectivity index is 1.61. The molecular weight excluding hydrogens is 358 g/mol. The van der Waals surface area contributed by atoms with E-state index >= 15 is 0 Å². The lowest BCUT2D eigenvalue weighted by molar-refractivity contribution is -0.123. The average Bonchev–Trinajstić information content (AvgIpc) is 2.63. The first-order valence-corrected chi connectivity index (χ1v) is 10.2. The number of hydrogen-bond donors (Lipinski definition) is 1. The molecule has 0 saturated heterocycles. The molecule has 1 N–H and O–H groups in total. The first kappa shape index (κ1) is 19.4. The van der Waals surface area contributed by atoms with Crippen LogP contribution in [0.15, 0.2) is 41.4 Å². The van der Waals surface area contributed by atoms with Crippen LogP contribution in [0, 0.1) is 13.8 Å². The first-order valence-electron chi connectivity index (χ1n) is 9.18. The average molecular weight is 384 g/mol. The van der Waals surface area contributed by atoms with Crippen LogP contribution in [-0.4, -0.2) is 35.1 Å². The number of hydrogen-bond acceptors (Lipinski definition) is 4. The number of carbonyl (C=O) groups is 2. The highest BCUT2D eigenvalue weighted by Gasteiger charge is 2.29. The molecular formula is C21H25N3O2S. The summed E-state index contributed by atoms with van der Waals surface area (Å²) in [5, 5.41) is 3.85. The molecule has 0 unspecified atom stereocenters. The first-order chi connectivity index (χ1) is 12.9. The topological polar surface area (TPSA) is 62.3 Å². The van der Waals surface area contributed by atoms with Gasteiger partial charge in [-0.15, -0.1) is 0 Å². The van der Waals surface area contributed by atoms with Crippen molar-refractivity contribution < 1.29 is 9.59 Å². The van der Waals surface area contributed by atoms with Crippen molar-refractivity contribution in [1.29, 1.82) is 0 Å². The van der Waals surface area contributed by atoms with Crippen molar-refractivity contribution in [3.63, 3.8) is 0 Å². The Morgan fingerprint density at radius 2 is 2.04 bits per heavy atom. The number of benzene rings is 1. The van der Waals surface area contributed by atoms with Crippen LogP contribution >= 0.6 is 11.8 Å². The number of carbonyl (C=O) groups excluding carboxylic acids is 2. The Labute approximate surface area is 164 Å². The molecule has 2 heterocycles. The molecule has 2 amide bonds. The van der Waals surface area contributed by atoms with Crippen LogP contribution in [0.4, 0.5) is 5.69 Å². The van der Waals surface area contributed by atoms with Crippen molar-refractivity contribution in [1.82, 2.24) is 10.3 Å². The maximum absolute atomic E-state index is 12.5. The normalized spacial score (nSPS) is 14.6. The third-order valence-electron chi connectivity index (χ3n) is 4.60. The van der Waals surface area contributed by atoms with Gasteiger partial charge in [0.15, 0.2) is 0 Å². The van der Waals surface area contributed by atoms with E-state index in [1.54, 1.807) is 4.90 Å². The van der Waals surface area contributed by atoms with E-state index in [0.717, 1.165) is 34.8 Å². The van der Waals surface area contributed by atoms with Gasteiger partial charge < -0.3 is 5.32 Å². The van der Waals surface area contributed by atoms with Crippen molar-refractivity contribution in [2.75, 3.05) is 17.2 Å². The highest BCUT2D eigenvalue weighted by Crippen LogP contribution is 2.36. The standard InChI is InChI=1S/C21H25N3O2S/c1-14-11-16(3)23-21-20(14)24(19(26)13-27-21)12-18(25)22-15(2)9-10-17-7-5-4-6-8-17/h4-8,11,15H,9-10,12-13H2,1-3H3,(H,22,25)/t15-/m1/s1. The van der Waals surface area contributed by atoms with Crippen molar-refractivity contribution >= 4 is 29.3 Å². The number of nitrogens with zero attached hydrogens (tertiary/aromatic N) is 2. The molecule has 1 aromatic heterocycles. The largest absolute Gasteiger partial charge is 0.352 e. The third kappa shape index (κ3) is 4.89. The lowest BCUT2D eigenvalue weighted by Gasteiger charge is -2.30. The summed E-state index contributed by atoms with van der Waals surface area (Å²) < 4.78 is 0. The van der Waals surface area contributed by atoms with E-state index in [0.29, 0.717) is 5.75 Å². The van der Waals surface area contributed by atoms with Gasteiger partial charge in [0.25, 0.3) is 0 Å². The van der Waals surface area contributed by atoms with Crippen LogP contribution < -0.4 is 10.2 Å². The highest BCUT2D eigenvalue weighted by molar-refractivity contribution is 8.00. The number of pyridine rings is 1. The van der Waals surface area contributed by atoms with Gasteiger partial charge in [0.2, 0.25) is 11.8 Å². The summed E-state index contributed by atoms with van der Waals surface area (Å²) in [4.78, 5) is 31.1. The molecule has 1 atom stereocenters. The van der Waals surface area contributed by atoms with Crippen LogP contribution in [0.25, 0.3) is 0 Å². The molecule has 0 radical (unpaired) electrons. The molecule has 3 rings (SSSR count). The van der Waals surface area contributed by atoms with E-state index in [9.17, 15) is 9.59 Å². The number of fused-ring (bicyclic) bond motifs is 1. The molecule has 6 heteroatoms. The Kier molecular flexibility index (Phi) is 6.16. The minimum atomic E-state index is -0.137. The van der Waals surface area contributed by atoms with E-state index in [-0.39, 0.29) is 24.4 Å². The molecule has 0 bridgehead atoms. The van der Waals surface area contributed by atoms with Crippen LogP contribution in [0.1, 0.15) is 30.2 Å². The molecule has 0 saturated carbocycles. The van der Waals surface area contributed by atoms with Crippen molar-refractivity contribution in [2.24, 2.45) is 0 Å². The second-order valence-corrected chi connectivity index (χ2v) is 7.96. The zero-order valence-corrected chi connectivity index (χ0v) is 16.8. The number of rotatable bonds is 6. The van der Waals surface area contributed by atoms with Crippen LogP contribution in [0.5, 0.6) is 0 Å². The quantitative estimate of drug-likeness (QED) is 0.832. The lowest BCUT2D eigenvalue weighted by atomic mass is 10.1. The van der Waals surface area contributed by atoms with Crippen molar-refractivity contribution in [3.05, 3.63) is 53.2 Å². The second-order valence-electron chi connectivity index (χ2n) is 7.00. The number of nitrogens with one attached hydrogen (secondary N) is 1. The fraction of sp³-hybridized carbons (Fsp3) is 0.381. The SMILES string of the molecule is Cc1cc(C)c2c(n1)SCC(=O)N2CC(=O)N[C@H](C)CCc1ccccc1. The zero-order valence-electron chi connectivity index (χ0n) is 16.0. The summed E-state index contributed by atoms with van der Waals surface area (Å²) in [6.07, 6.45) is 1.77. The van der Waals surface area contributed by atoms with E-state index in [4.69, 9.17) is 0 Å². The van der Waals surface area contributed by atoms with Crippen LogP contribution in [0.3, 0.4) is 0 Å². The van der Waals surface area contributed by atoms with E-state index in [2.05, 4.69) is 22.4 Å². The van der Waals surface area contributed by atoms with Gasteiger partial charge in [0.1, 0.15) is 11.6 Å². The molecule has 0 fully saturated rings. The minimum Gasteiger partial charge on any atom is -0.352 e. The zero-order chi connectivity index (χ0) is 19.4. The van der Waals surface area contributed by atoms with E-state index < -0.39 is 0 Å². The molecule has 1 aliphatic rings. The van der Waals surface area contributed by atoms with Gasteiger partial charge in [-0.1, -0.05) is 42.1 Å². The summed E-state index contributed by atoms with van der Waals surface area (Å²) in [5.41, 5.74) is 3.93. The molecule has 2 aromatic rings. The predicted octanol–water partition coefficient (Wildman–Crippen LogP) is 3.27. The van der Waals surface area contributed by atoms with Crippen LogP contribution in [0.2, 0.25) is 0 Å². The van der Waals surface area contributed by atoms with Crippen molar-refractivity contribution in [3.8, 4) is 0 Å². The van der Waals surface area contributed by atoms with Gasteiger partial charge in [-0.3, -0.25) is 14.5 Å².